The Morgan fingerprint density at radius 3 is 2.68 bits per heavy atom. The maximum atomic E-state index is 12.3. The lowest BCUT2D eigenvalue weighted by molar-refractivity contribution is -0.136. The maximum absolute atomic E-state index is 12.3. The third kappa shape index (κ3) is 3.77. The Labute approximate surface area is 148 Å². The molecule has 0 bridgehead atoms. The number of ether oxygens (including phenoxy) is 1. The molecule has 0 radical (unpaired) electrons. The minimum Gasteiger partial charge on any atom is -0.378 e. The second kappa shape index (κ2) is 7.40. The molecule has 1 saturated carbocycles. The molecule has 0 unspecified atom stereocenters. The maximum Gasteiger partial charge on any atom is 0.266 e. The Bertz CT molecular complexity index is 758. The molecule has 1 aromatic rings. The van der Waals surface area contributed by atoms with E-state index < -0.39 is 0 Å². The first-order valence-electron chi connectivity index (χ1n) is 8.75. The average molecular weight is 345 g/mol. The van der Waals surface area contributed by atoms with Crippen LogP contribution in [0.2, 0.25) is 0 Å². The number of aromatic nitrogens is 1. The Hall–Kier alpha value is -2.13. The summed E-state index contributed by atoms with van der Waals surface area (Å²) in [5, 5.41) is 12.2. The smallest absolute Gasteiger partial charge is 0.266 e. The van der Waals surface area contributed by atoms with Crippen molar-refractivity contribution in [3.05, 3.63) is 32.7 Å². The van der Waals surface area contributed by atoms with Gasteiger partial charge in [-0.1, -0.05) is 13.8 Å². The van der Waals surface area contributed by atoms with Crippen LogP contribution in [-0.4, -0.2) is 29.6 Å². The Morgan fingerprint density at radius 1 is 1.44 bits per heavy atom. The fraction of sp³-hybridized carbons (Fsp3) is 0.632. The number of hydrogen-bond donors (Lipinski definition) is 2. The average Bonchev–Trinajstić information content (AvgIpc) is 2.53. The number of carbonyl (C=O) groups is 1. The van der Waals surface area contributed by atoms with E-state index in [-0.39, 0.29) is 34.6 Å². The van der Waals surface area contributed by atoms with E-state index >= 15 is 0 Å². The highest BCUT2D eigenvalue weighted by atomic mass is 16.5. The lowest BCUT2D eigenvalue weighted by Crippen LogP contribution is -2.62. The number of nitriles is 1. The van der Waals surface area contributed by atoms with Crippen LogP contribution in [0.15, 0.2) is 4.79 Å². The monoisotopic (exact) mass is 345 g/mol. The highest BCUT2D eigenvalue weighted by molar-refractivity contribution is 5.77. The first-order chi connectivity index (χ1) is 11.7. The van der Waals surface area contributed by atoms with Crippen molar-refractivity contribution in [2.45, 2.75) is 66.0 Å². The van der Waals surface area contributed by atoms with Gasteiger partial charge in [-0.25, -0.2) is 0 Å². The molecule has 25 heavy (non-hydrogen) atoms. The van der Waals surface area contributed by atoms with Crippen LogP contribution in [0.25, 0.3) is 0 Å². The van der Waals surface area contributed by atoms with Crippen LogP contribution < -0.4 is 10.9 Å². The summed E-state index contributed by atoms with van der Waals surface area (Å²) >= 11 is 0. The molecule has 1 aromatic heterocycles. The van der Waals surface area contributed by atoms with Crippen LogP contribution in [0.1, 0.15) is 56.0 Å². The van der Waals surface area contributed by atoms with Crippen LogP contribution >= 0.6 is 0 Å². The summed E-state index contributed by atoms with van der Waals surface area (Å²) in [4.78, 5) is 26.8. The molecule has 1 amide bonds. The molecule has 1 aliphatic rings. The number of pyridine rings is 1. The molecule has 0 aliphatic heterocycles. The largest absolute Gasteiger partial charge is 0.378 e. The van der Waals surface area contributed by atoms with Crippen molar-refractivity contribution in [3.8, 4) is 6.07 Å². The molecule has 6 heteroatoms. The lowest BCUT2D eigenvalue weighted by atomic mass is 9.64. The van der Waals surface area contributed by atoms with E-state index in [9.17, 15) is 9.59 Å². The molecule has 1 fully saturated rings. The van der Waals surface area contributed by atoms with Crippen molar-refractivity contribution in [2.75, 3.05) is 6.61 Å². The summed E-state index contributed by atoms with van der Waals surface area (Å²) in [7, 11) is 0. The zero-order valence-electron chi connectivity index (χ0n) is 15.7. The van der Waals surface area contributed by atoms with Crippen LogP contribution in [0.4, 0.5) is 0 Å². The van der Waals surface area contributed by atoms with Crippen molar-refractivity contribution in [1.82, 2.24) is 10.3 Å². The second-order valence-corrected chi connectivity index (χ2v) is 7.29. The van der Waals surface area contributed by atoms with Gasteiger partial charge in [-0.3, -0.25) is 9.59 Å². The van der Waals surface area contributed by atoms with Gasteiger partial charge in [0.15, 0.2) is 0 Å². The number of nitrogens with one attached hydrogen (secondary N) is 2. The molecule has 1 heterocycles. The van der Waals surface area contributed by atoms with Gasteiger partial charge in [0.25, 0.3) is 5.56 Å². The molecule has 2 atom stereocenters. The van der Waals surface area contributed by atoms with Crippen LogP contribution in [0.3, 0.4) is 0 Å². The number of aromatic amines is 1. The van der Waals surface area contributed by atoms with E-state index in [4.69, 9.17) is 10.00 Å². The normalized spacial score (nSPS) is 21.3. The number of aryl methyl sites for hydroxylation is 1. The van der Waals surface area contributed by atoms with Gasteiger partial charge in [0, 0.05) is 30.2 Å². The standard InChI is InChI=1S/C19H27N3O3/c1-6-25-16-9-15(19(16,4)5)22-17(23)8-7-13-11(2)14(10-20)18(24)21-12(13)3/h15-16H,6-9H2,1-5H3,(H,21,24)(H,22,23)/t15-,16-/m0/s1. The summed E-state index contributed by atoms with van der Waals surface area (Å²) in [5.41, 5.74) is 1.94. The summed E-state index contributed by atoms with van der Waals surface area (Å²) in [6.07, 6.45) is 1.84. The summed E-state index contributed by atoms with van der Waals surface area (Å²) in [5.74, 6) is -0.0171. The molecule has 2 N–H and O–H groups in total. The van der Waals surface area contributed by atoms with Crippen molar-refractivity contribution in [3.63, 3.8) is 0 Å². The number of hydrogen-bond acceptors (Lipinski definition) is 4. The topological polar surface area (TPSA) is 95.0 Å². The van der Waals surface area contributed by atoms with Gasteiger partial charge in [0.2, 0.25) is 5.91 Å². The zero-order chi connectivity index (χ0) is 18.8. The molecule has 1 aliphatic carbocycles. The molecular weight excluding hydrogens is 318 g/mol. The predicted octanol–water partition coefficient (Wildman–Crippen LogP) is 2.12. The van der Waals surface area contributed by atoms with Crippen molar-refractivity contribution in [2.24, 2.45) is 5.41 Å². The van der Waals surface area contributed by atoms with Gasteiger partial charge < -0.3 is 15.0 Å². The molecule has 136 valence electrons. The van der Waals surface area contributed by atoms with Gasteiger partial charge in [-0.2, -0.15) is 5.26 Å². The van der Waals surface area contributed by atoms with E-state index in [1.54, 1.807) is 13.8 Å². The van der Waals surface area contributed by atoms with Crippen molar-refractivity contribution < 1.29 is 9.53 Å². The van der Waals surface area contributed by atoms with Crippen molar-refractivity contribution >= 4 is 5.91 Å². The molecule has 0 spiro atoms. The SMILES string of the molecule is CCO[C@H]1C[C@H](NC(=O)CCc2c(C)[nH]c(=O)c(C#N)c2C)C1(C)C. The third-order valence-corrected chi connectivity index (χ3v) is 5.40. The first-order valence-corrected chi connectivity index (χ1v) is 8.75. The molecule has 2 rings (SSSR count). The number of carbonyl (C=O) groups excluding carboxylic acids is 1. The number of H-pyrrole nitrogens is 1. The fourth-order valence-corrected chi connectivity index (χ4v) is 3.54. The van der Waals surface area contributed by atoms with Crippen LogP contribution in [-0.2, 0) is 16.0 Å². The van der Waals surface area contributed by atoms with Gasteiger partial charge in [-0.05, 0) is 44.7 Å². The first kappa shape index (κ1) is 19.2. The molecule has 0 saturated heterocycles. The van der Waals surface area contributed by atoms with E-state index in [1.165, 1.54) is 0 Å². The molecule has 6 nitrogen and oxygen atoms in total. The lowest BCUT2D eigenvalue weighted by Gasteiger charge is -2.51. The van der Waals surface area contributed by atoms with Crippen molar-refractivity contribution in [1.29, 1.82) is 5.26 Å². The van der Waals surface area contributed by atoms with E-state index in [0.29, 0.717) is 25.0 Å². The summed E-state index contributed by atoms with van der Waals surface area (Å²) in [6, 6.07) is 2.05. The van der Waals surface area contributed by atoms with Gasteiger partial charge in [0.1, 0.15) is 11.6 Å². The van der Waals surface area contributed by atoms with Crippen LogP contribution in [0, 0.1) is 30.6 Å². The number of nitrogens with zero attached hydrogens (tertiary/aromatic N) is 1. The van der Waals surface area contributed by atoms with E-state index in [2.05, 4.69) is 24.1 Å². The summed E-state index contributed by atoms with van der Waals surface area (Å²) in [6.45, 7) is 10.4. The summed E-state index contributed by atoms with van der Waals surface area (Å²) < 4.78 is 5.69. The van der Waals surface area contributed by atoms with Gasteiger partial charge >= 0.3 is 0 Å². The fourth-order valence-electron chi connectivity index (χ4n) is 3.54. The van der Waals surface area contributed by atoms with E-state index in [1.807, 2.05) is 13.0 Å². The quantitative estimate of drug-likeness (QED) is 0.825. The predicted molar refractivity (Wildman–Crippen MR) is 95.3 cm³/mol. The highest BCUT2D eigenvalue weighted by Crippen LogP contribution is 2.42. The van der Waals surface area contributed by atoms with Gasteiger partial charge in [-0.15, -0.1) is 0 Å². The van der Waals surface area contributed by atoms with E-state index in [0.717, 1.165) is 17.7 Å². The minimum absolute atomic E-state index is 0.0171. The Morgan fingerprint density at radius 2 is 2.12 bits per heavy atom. The Kier molecular flexibility index (Phi) is 5.69. The van der Waals surface area contributed by atoms with Crippen LogP contribution in [0.5, 0.6) is 0 Å². The number of rotatable bonds is 6. The van der Waals surface area contributed by atoms with Gasteiger partial charge in [0.05, 0.1) is 6.10 Å². The minimum atomic E-state index is -0.371. The number of amides is 1. The Balaban J connectivity index is 1.98. The molecular formula is C19H27N3O3. The third-order valence-electron chi connectivity index (χ3n) is 5.40. The highest BCUT2D eigenvalue weighted by Gasteiger charge is 2.49. The second-order valence-electron chi connectivity index (χ2n) is 7.29. The zero-order valence-corrected chi connectivity index (χ0v) is 15.7. The molecule has 0 aromatic carbocycles.